The Kier molecular flexibility index (Phi) is 6.29. The molecule has 1 aromatic heterocycles. The quantitative estimate of drug-likeness (QED) is 0.758. The molecule has 0 aliphatic heterocycles. The first kappa shape index (κ1) is 20.0. The zero-order chi connectivity index (χ0) is 19.4. The SMILES string of the molecule is Cc1ccc(NC(=O)C2CCC(CNS(=O)(=O)c3cccs3)CC2)cc1F. The molecule has 2 aromatic rings. The summed E-state index contributed by atoms with van der Waals surface area (Å²) in [6, 6.07) is 7.96. The predicted octanol–water partition coefficient (Wildman–Crippen LogP) is 3.92. The normalized spacial score (nSPS) is 20.4. The van der Waals surface area contributed by atoms with Crippen LogP contribution in [0.4, 0.5) is 10.1 Å². The van der Waals surface area contributed by atoms with Crippen molar-refractivity contribution >= 4 is 33.0 Å². The third-order valence-corrected chi connectivity index (χ3v) is 7.80. The number of benzene rings is 1. The first-order valence-corrected chi connectivity index (χ1v) is 11.3. The lowest BCUT2D eigenvalue weighted by Gasteiger charge is -2.27. The molecule has 1 aliphatic rings. The van der Waals surface area contributed by atoms with Crippen molar-refractivity contribution < 1.29 is 17.6 Å². The van der Waals surface area contributed by atoms with E-state index in [1.807, 2.05) is 0 Å². The maximum Gasteiger partial charge on any atom is 0.250 e. The minimum absolute atomic E-state index is 0.101. The molecule has 3 rings (SSSR count). The van der Waals surface area contributed by atoms with Crippen LogP contribution in [0.1, 0.15) is 31.2 Å². The summed E-state index contributed by atoms with van der Waals surface area (Å²) in [6.07, 6.45) is 2.97. The first-order valence-electron chi connectivity index (χ1n) is 8.95. The Bertz CT molecular complexity index is 890. The molecule has 1 fully saturated rings. The van der Waals surface area contributed by atoms with Crippen LogP contribution >= 0.6 is 11.3 Å². The van der Waals surface area contributed by atoms with Crippen molar-refractivity contribution in [1.29, 1.82) is 0 Å². The summed E-state index contributed by atoms with van der Waals surface area (Å²) in [5, 5.41) is 4.51. The molecule has 1 aliphatic carbocycles. The molecule has 5 nitrogen and oxygen atoms in total. The molecule has 0 unspecified atom stereocenters. The van der Waals surface area contributed by atoms with Crippen molar-refractivity contribution in [2.75, 3.05) is 11.9 Å². The lowest BCUT2D eigenvalue weighted by Crippen LogP contribution is -2.33. The van der Waals surface area contributed by atoms with Crippen LogP contribution in [0.3, 0.4) is 0 Å². The molecule has 0 spiro atoms. The number of hydrogen-bond donors (Lipinski definition) is 2. The highest BCUT2D eigenvalue weighted by Crippen LogP contribution is 2.30. The van der Waals surface area contributed by atoms with Gasteiger partial charge in [0.2, 0.25) is 15.9 Å². The van der Waals surface area contributed by atoms with Gasteiger partial charge in [-0.2, -0.15) is 0 Å². The van der Waals surface area contributed by atoms with Gasteiger partial charge in [0.1, 0.15) is 10.0 Å². The Morgan fingerprint density at radius 3 is 2.59 bits per heavy atom. The number of aryl methyl sites for hydroxylation is 1. The number of sulfonamides is 1. The number of carbonyl (C=O) groups is 1. The second-order valence-electron chi connectivity index (χ2n) is 6.95. The smallest absolute Gasteiger partial charge is 0.250 e. The molecule has 8 heteroatoms. The molecule has 0 atom stereocenters. The highest BCUT2D eigenvalue weighted by molar-refractivity contribution is 7.91. The van der Waals surface area contributed by atoms with Gasteiger partial charge in [0.15, 0.2) is 0 Å². The highest BCUT2D eigenvalue weighted by atomic mass is 32.2. The number of thiophene rings is 1. The van der Waals surface area contributed by atoms with E-state index < -0.39 is 10.0 Å². The molecule has 1 heterocycles. The van der Waals surface area contributed by atoms with Gasteiger partial charge in [-0.05, 0) is 67.7 Å². The molecule has 0 radical (unpaired) electrons. The Labute approximate surface area is 163 Å². The summed E-state index contributed by atoms with van der Waals surface area (Å²) in [7, 11) is -3.44. The first-order chi connectivity index (χ1) is 12.8. The molecule has 1 amide bonds. The van der Waals surface area contributed by atoms with Gasteiger partial charge in [-0.15, -0.1) is 11.3 Å². The van der Waals surface area contributed by atoms with E-state index in [2.05, 4.69) is 10.0 Å². The Morgan fingerprint density at radius 1 is 1.22 bits per heavy atom. The molecule has 146 valence electrons. The summed E-state index contributed by atoms with van der Waals surface area (Å²) < 4.78 is 40.9. The van der Waals surface area contributed by atoms with Gasteiger partial charge in [-0.25, -0.2) is 17.5 Å². The zero-order valence-corrected chi connectivity index (χ0v) is 16.7. The minimum atomic E-state index is -3.44. The van der Waals surface area contributed by atoms with E-state index >= 15 is 0 Å². The van der Waals surface area contributed by atoms with Crippen molar-refractivity contribution in [3.05, 3.63) is 47.1 Å². The van der Waals surface area contributed by atoms with Crippen molar-refractivity contribution in [2.24, 2.45) is 11.8 Å². The summed E-state index contributed by atoms with van der Waals surface area (Å²) in [5.41, 5.74) is 1.01. The maximum atomic E-state index is 13.6. The van der Waals surface area contributed by atoms with Crippen molar-refractivity contribution in [3.8, 4) is 0 Å². The van der Waals surface area contributed by atoms with Crippen molar-refractivity contribution in [3.63, 3.8) is 0 Å². The van der Waals surface area contributed by atoms with Crippen LogP contribution in [0.2, 0.25) is 0 Å². The van der Waals surface area contributed by atoms with Crippen molar-refractivity contribution in [1.82, 2.24) is 4.72 Å². The van der Waals surface area contributed by atoms with E-state index in [0.717, 1.165) is 12.8 Å². The van der Waals surface area contributed by atoms with E-state index in [4.69, 9.17) is 0 Å². The molecule has 1 aromatic carbocycles. The average molecular weight is 411 g/mol. The summed E-state index contributed by atoms with van der Waals surface area (Å²) in [5.74, 6) is -0.342. The molecule has 27 heavy (non-hydrogen) atoms. The van der Waals surface area contributed by atoms with Gasteiger partial charge in [-0.3, -0.25) is 4.79 Å². The van der Waals surface area contributed by atoms with Crippen LogP contribution in [0, 0.1) is 24.6 Å². The number of rotatable bonds is 6. The Balaban J connectivity index is 1.47. The van der Waals surface area contributed by atoms with E-state index in [1.165, 1.54) is 17.4 Å². The molecule has 0 saturated heterocycles. The number of carbonyl (C=O) groups excluding carboxylic acids is 1. The number of hydrogen-bond acceptors (Lipinski definition) is 4. The summed E-state index contributed by atoms with van der Waals surface area (Å²) >= 11 is 1.19. The van der Waals surface area contributed by atoms with E-state index in [-0.39, 0.29) is 23.6 Å². The van der Waals surface area contributed by atoms with Crippen LogP contribution in [-0.2, 0) is 14.8 Å². The highest BCUT2D eigenvalue weighted by Gasteiger charge is 2.27. The lowest BCUT2D eigenvalue weighted by molar-refractivity contribution is -0.121. The van der Waals surface area contributed by atoms with Gasteiger partial charge in [0.05, 0.1) is 0 Å². The predicted molar refractivity (Wildman–Crippen MR) is 105 cm³/mol. The van der Waals surface area contributed by atoms with Gasteiger partial charge in [-0.1, -0.05) is 12.1 Å². The summed E-state index contributed by atoms with van der Waals surface area (Å²) in [6.45, 7) is 2.06. The lowest BCUT2D eigenvalue weighted by atomic mass is 9.81. The second kappa shape index (κ2) is 8.50. The number of anilines is 1. The minimum Gasteiger partial charge on any atom is -0.326 e. The van der Waals surface area contributed by atoms with Crippen LogP contribution < -0.4 is 10.0 Å². The molecule has 2 N–H and O–H groups in total. The fourth-order valence-corrected chi connectivity index (χ4v) is 5.41. The molecule has 1 saturated carbocycles. The van der Waals surface area contributed by atoms with Gasteiger partial charge in [0.25, 0.3) is 0 Å². The van der Waals surface area contributed by atoms with Crippen LogP contribution in [-0.4, -0.2) is 20.9 Å². The standard InChI is InChI=1S/C19H23FN2O3S2/c1-13-4-9-16(11-17(13)20)22-19(23)15-7-5-14(6-8-15)12-21-27(24,25)18-3-2-10-26-18/h2-4,9-11,14-15,21H,5-8,12H2,1H3,(H,22,23). The van der Waals surface area contributed by atoms with Crippen LogP contribution in [0.15, 0.2) is 39.9 Å². The molecular formula is C19H23FN2O3S2. The van der Waals surface area contributed by atoms with E-state index in [1.54, 1.807) is 36.6 Å². The van der Waals surface area contributed by atoms with Crippen LogP contribution in [0.25, 0.3) is 0 Å². The fourth-order valence-electron chi connectivity index (χ4n) is 3.26. The maximum absolute atomic E-state index is 13.6. The van der Waals surface area contributed by atoms with Crippen molar-refractivity contribution in [2.45, 2.75) is 36.8 Å². The topological polar surface area (TPSA) is 75.3 Å². The average Bonchev–Trinajstić information content (AvgIpc) is 3.19. The Hall–Kier alpha value is -1.77. The number of halogens is 1. The third kappa shape index (κ3) is 5.15. The van der Waals surface area contributed by atoms with Gasteiger partial charge in [0, 0.05) is 18.2 Å². The molecular weight excluding hydrogens is 387 g/mol. The number of amides is 1. The Morgan fingerprint density at radius 2 is 1.96 bits per heavy atom. The molecule has 0 bridgehead atoms. The largest absolute Gasteiger partial charge is 0.326 e. The van der Waals surface area contributed by atoms with Gasteiger partial charge >= 0.3 is 0 Å². The third-order valence-electron chi connectivity index (χ3n) is 4.98. The fraction of sp³-hybridized carbons (Fsp3) is 0.421. The summed E-state index contributed by atoms with van der Waals surface area (Å²) in [4.78, 5) is 12.4. The number of nitrogens with one attached hydrogen (secondary N) is 2. The van der Waals surface area contributed by atoms with Gasteiger partial charge < -0.3 is 5.32 Å². The van der Waals surface area contributed by atoms with Crippen LogP contribution in [0.5, 0.6) is 0 Å². The zero-order valence-electron chi connectivity index (χ0n) is 15.1. The van der Waals surface area contributed by atoms with E-state index in [9.17, 15) is 17.6 Å². The monoisotopic (exact) mass is 410 g/mol. The second-order valence-corrected chi connectivity index (χ2v) is 9.90. The van der Waals surface area contributed by atoms with E-state index in [0.29, 0.717) is 34.8 Å².